The Balaban J connectivity index is 1.85. The maximum absolute atomic E-state index is 13.2. The van der Waals surface area contributed by atoms with Crippen LogP contribution in [0, 0.1) is 13.8 Å². The number of H-pyrrole nitrogens is 1. The number of likely N-dealkylation sites (tertiary alicyclic amines) is 1. The molecular formula is C22H31N6O2+. The lowest BCUT2D eigenvalue weighted by Crippen LogP contribution is -3.12. The number of fused-ring (bicyclic) bond motifs is 1. The van der Waals surface area contributed by atoms with Crippen LogP contribution in [0.2, 0.25) is 0 Å². The van der Waals surface area contributed by atoms with Crippen molar-refractivity contribution in [3.05, 3.63) is 51.1 Å². The minimum absolute atomic E-state index is 0.0613. The van der Waals surface area contributed by atoms with E-state index in [0.29, 0.717) is 13.2 Å². The monoisotopic (exact) mass is 411 g/mol. The number of benzene rings is 1. The second-order valence-electron chi connectivity index (χ2n) is 8.34. The first-order valence-corrected chi connectivity index (χ1v) is 10.8. The summed E-state index contributed by atoms with van der Waals surface area (Å²) in [5.74, 6) is 0.734. The van der Waals surface area contributed by atoms with Crippen molar-refractivity contribution in [3.63, 3.8) is 0 Å². The molecule has 1 saturated heterocycles. The highest BCUT2D eigenvalue weighted by Crippen LogP contribution is 2.21. The minimum Gasteiger partial charge on any atom is -0.383 e. The molecule has 0 radical (unpaired) electrons. The van der Waals surface area contributed by atoms with E-state index in [1.54, 1.807) is 11.8 Å². The molecule has 2 aromatic heterocycles. The van der Waals surface area contributed by atoms with Crippen molar-refractivity contribution < 1.29 is 9.64 Å². The molecule has 0 aliphatic carbocycles. The Labute approximate surface area is 176 Å². The smallest absolute Gasteiger partial charge is 0.258 e. The molecule has 2 N–H and O–H groups in total. The number of hydrogen-bond acceptors (Lipinski definition) is 5. The molecule has 1 aliphatic heterocycles. The van der Waals surface area contributed by atoms with E-state index >= 15 is 0 Å². The molecule has 8 heteroatoms. The third kappa shape index (κ3) is 4.15. The fraction of sp³-hybridized carbons (Fsp3) is 0.545. The number of hydrogen-bond donors (Lipinski definition) is 2. The molecule has 0 bridgehead atoms. The van der Waals surface area contributed by atoms with Gasteiger partial charge in [-0.05, 0) is 84.7 Å². The molecular weight excluding hydrogens is 380 g/mol. The van der Waals surface area contributed by atoms with Crippen molar-refractivity contribution in [2.45, 2.75) is 52.1 Å². The Morgan fingerprint density at radius 2 is 1.87 bits per heavy atom. The summed E-state index contributed by atoms with van der Waals surface area (Å²) < 4.78 is 7.02. The van der Waals surface area contributed by atoms with Crippen LogP contribution < -0.4 is 10.5 Å². The van der Waals surface area contributed by atoms with E-state index in [0.717, 1.165) is 48.2 Å². The van der Waals surface area contributed by atoms with E-state index in [9.17, 15) is 4.79 Å². The molecule has 160 valence electrons. The van der Waals surface area contributed by atoms with Crippen molar-refractivity contribution in [2.75, 3.05) is 26.8 Å². The number of ether oxygens (including phenoxy) is 1. The highest BCUT2D eigenvalue weighted by molar-refractivity contribution is 5.80. The molecule has 0 amide bonds. The second kappa shape index (κ2) is 9.06. The van der Waals surface area contributed by atoms with Gasteiger partial charge in [0.2, 0.25) is 5.82 Å². The maximum Gasteiger partial charge on any atom is 0.258 e. The number of quaternary nitrogens is 1. The van der Waals surface area contributed by atoms with Crippen LogP contribution in [0.25, 0.3) is 10.9 Å². The zero-order valence-corrected chi connectivity index (χ0v) is 18.1. The Morgan fingerprint density at radius 1 is 1.13 bits per heavy atom. The molecule has 3 heterocycles. The average molecular weight is 412 g/mol. The first-order valence-electron chi connectivity index (χ1n) is 10.8. The van der Waals surface area contributed by atoms with Gasteiger partial charge in [-0.1, -0.05) is 0 Å². The van der Waals surface area contributed by atoms with Crippen LogP contribution in [0.3, 0.4) is 0 Å². The molecule has 1 fully saturated rings. The zero-order valence-electron chi connectivity index (χ0n) is 18.1. The fourth-order valence-electron chi connectivity index (χ4n) is 4.48. The number of rotatable bonds is 6. The summed E-state index contributed by atoms with van der Waals surface area (Å²) in [5, 5.41) is 13.5. The number of nitrogens with one attached hydrogen (secondary N) is 2. The molecule has 1 atom stereocenters. The predicted molar refractivity (Wildman–Crippen MR) is 115 cm³/mol. The largest absolute Gasteiger partial charge is 0.383 e. The SMILES string of the molecule is COCCn1nnnc1[C@H](c1cc2cc(C)c(C)cc2[nH]c1=O)[NH+]1CCCCCC1. The van der Waals surface area contributed by atoms with Crippen LogP contribution in [0.5, 0.6) is 0 Å². The predicted octanol–water partition coefficient (Wildman–Crippen LogP) is 1.33. The van der Waals surface area contributed by atoms with Gasteiger partial charge in [0, 0.05) is 12.6 Å². The topological polar surface area (TPSA) is 90.1 Å². The molecule has 0 spiro atoms. The summed E-state index contributed by atoms with van der Waals surface area (Å²) >= 11 is 0. The van der Waals surface area contributed by atoms with Crippen LogP contribution in [-0.2, 0) is 11.3 Å². The van der Waals surface area contributed by atoms with E-state index in [1.165, 1.54) is 28.9 Å². The number of aryl methyl sites for hydroxylation is 2. The lowest BCUT2D eigenvalue weighted by Gasteiger charge is -2.26. The van der Waals surface area contributed by atoms with E-state index in [4.69, 9.17) is 4.74 Å². The standard InChI is InChI=1S/C22H30N6O2/c1-15-12-17-14-18(22(29)23-19(17)13-16(15)2)20(27-8-6-4-5-7-9-27)21-24-25-26-28(21)10-11-30-3/h12-14,20H,4-11H2,1-3H3,(H,23,29)/p+1/t20-/m0/s1. The van der Waals surface area contributed by atoms with E-state index < -0.39 is 0 Å². The number of tetrazole rings is 1. The number of pyridine rings is 1. The summed E-state index contributed by atoms with van der Waals surface area (Å²) in [7, 11) is 1.67. The highest BCUT2D eigenvalue weighted by atomic mass is 16.5. The summed E-state index contributed by atoms with van der Waals surface area (Å²) in [5.41, 5.74) is 3.92. The lowest BCUT2D eigenvalue weighted by molar-refractivity contribution is -0.925. The Bertz CT molecular complexity index is 1070. The van der Waals surface area contributed by atoms with E-state index in [2.05, 4.69) is 40.4 Å². The molecule has 8 nitrogen and oxygen atoms in total. The highest BCUT2D eigenvalue weighted by Gasteiger charge is 2.34. The molecule has 30 heavy (non-hydrogen) atoms. The normalized spacial score (nSPS) is 16.6. The van der Waals surface area contributed by atoms with E-state index in [-0.39, 0.29) is 11.6 Å². The molecule has 4 rings (SSSR count). The number of aromatic amines is 1. The summed E-state index contributed by atoms with van der Waals surface area (Å²) in [4.78, 5) is 17.7. The van der Waals surface area contributed by atoms with Gasteiger partial charge >= 0.3 is 0 Å². The van der Waals surface area contributed by atoms with Crippen LogP contribution in [0.15, 0.2) is 23.0 Å². The quantitative estimate of drug-likeness (QED) is 0.639. The fourth-order valence-corrected chi connectivity index (χ4v) is 4.48. The third-order valence-electron chi connectivity index (χ3n) is 6.28. The van der Waals surface area contributed by atoms with Gasteiger partial charge in [-0.15, -0.1) is 5.10 Å². The Kier molecular flexibility index (Phi) is 6.24. The van der Waals surface area contributed by atoms with Gasteiger partial charge in [0.15, 0.2) is 6.04 Å². The van der Waals surface area contributed by atoms with Crippen molar-refractivity contribution in [1.29, 1.82) is 0 Å². The van der Waals surface area contributed by atoms with Gasteiger partial charge in [-0.3, -0.25) is 4.79 Å². The molecule has 0 unspecified atom stereocenters. The van der Waals surface area contributed by atoms with Crippen molar-refractivity contribution >= 4 is 10.9 Å². The van der Waals surface area contributed by atoms with Gasteiger partial charge in [-0.25, -0.2) is 4.68 Å². The second-order valence-corrected chi connectivity index (χ2v) is 8.34. The van der Waals surface area contributed by atoms with Gasteiger partial charge in [0.25, 0.3) is 5.56 Å². The van der Waals surface area contributed by atoms with Gasteiger partial charge < -0.3 is 14.6 Å². The third-order valence-corrected chi connectivity index (χ3v) is 6.28. The zero-order chi connectivity index (χ0) is 21.1. The van der Waals surface area contributed by atoms with Gasteiger partial charge in [-0.2, -0.15) is 0 Å². The molecule has 1 aliphatic rings. The summed E-state index contributed by atoms with van der Waals surface area (Å²) in [6.07, 6.45) is 4.76. The van der Waals surface area contributed by atoms with Crippen molar-refractivity contribution in [2.24, 2.45) is 0 Å². The van der Waals surface area contributed by atoms with Crippen LogP contribution >= 0.6 is 0 Å². The molecule has 1 aromatic carbocycles. The first-order chi connectivity index (χ1) is 14.6. The number of nitrogens with zero attached hydrogens (tertiary/aromatic N) is 4. The Morgan fingerprint density at radius 3 is 2.60 bits per heavy atom. The average Bonchev–Trinajstić information content (AvgIpc) is 3.01. The summed E-state index contributed by atoms with van der Waals surface area (Å²) in [6, 6.07) is 6.03. The first kappa shape index (κ1) is 20.7. The maximum atomic E-state index is 13.2. The van der Waals surface area contributed by atoms with E-state index in [1.807, 2.05) is 12.1 Å². The molecule has 3 aromatic rings. The van der Waals surface area contributed by atoms with Crippen LogP contribution in [0.1, 0.15) is 54.2 Å². The number of aromatic nitrogens is 5. The van der Waals surface area contributed by atoms with Crippen LogP contribution in [-0.4, -0.2) is 52.0 Å². The van der Waals surface area contributed by atoms with Crippen molar-refractivity contribution in [3.8, 4) is 0 Å². The van der Waals surface area contributed by atoms with Crippen molar-refractivity contribution in [1.82, 2.24) is 25.2 Å². The lowest BCUT2D eigenvalue weighted by atomic mass is 10.0. The Hall–Kier alpha value is -2.58. The minimum atomic E-state index is -0.204. The number of methoxy groups -OCH3 is 1. The van der Waals surface area contributed by atoms with Gasteiger partial charge in [0.05, 0.1) is 31.8 Å². The van der Waals surface area contributed by atoms with Gasteiger partial charge in [0.1, 0.15) is 0 Å². The van der Waals surface area contributed by atoms with Crippen LogP contribution in [0.4, 0.5) is 0 Å². The molecule has 0 saturated carbocycles. The summed E-state index contributed by atoms with van der Waals surface area (Å²) in [6.45, 7) is 7.26.